The number of alkyl halides is 1. The smallest absolute Gasteiger partial charge is 0.294 e. The number of aromatic nitrogens is 3. The molecule has 0 bridgehead atoms. The second-order valence-electron chi connectivity index (χ2n) is 7.64. The Bertz CT molecular complexity index is 1230. The summed E-state index contributed by atoms with van der Waals surface area (Å²) < 4.78 is 7.52. The molecule has 2 N–H and O–H groups in total. The molecule has 1 aromatic carbocycles. The number of fused-ring (bicyclic) bond motifs is 1. The Kier molecular flexibility index (Phi) is 7.53. The van der Waals surface area contributed by atoms with Gasteiger partial charge in [-0.25, -0.2) is 4.98 Å². The molecule has 33 heavy (non-hydrogen) atoms. The highest BCUT2D eigenvalue weighted by Gasteiger charge is 2.16. The van der Waals surface area contributed by atoms with E-state index in [9.17, 15) is 9.59 Å². The lowest BCUT2D eigenvalue weighted by atomic mass is 10.1. The average molecular weight is 583 g/mol. The zero-order valence-corrected chi connectivity index (χ0v) is 21.0. The van der Waals surface area contributed by atoms with E-state index in [0.717, 1.165) is 42.5 Å². The van der Waals surface area contributed by atoms with Crippen molar-refractivity contribution in [3.63, 3.8) is 0 Å². The largest absolute Gasteiger partial charge is 0.478 e. The molecule has 1 aliphatic heterocycles. The van der Waals surface area contributed by atoms with Crippen LogP contribution in [0.15, 0.2) is 35.3 Å². The number of piperidine rings is 1. The third-order valence-electron chi connectivity index (χ3n) is 5.45. The van der Waals surface area contributed by atoms with Crippen LogP contribution in [0.3, 0.4) is 0 Å². The summed E-state index contributed by atoms with van der Waals surface area (Å²) in [6, 6.07) is 7.27. The first-order chi connectivity index (χ1) is 16.0. The highest BCUT2D eigenvalue weighted by Crippen LogP contribution is 2.28. The average Bonchev–Trinajstić information content (AvgIpc) is 2.84. The molecule has 3 aromatic rings. The van der Waals surface area contributed by atoms with E-state index >= 15 is 0 Å². The molecule has 2 aromatic heterocycles. The predicted octanol–water partition coefficient (Wildman–Crippen LogP) is 3.70. The van der Waals surface area contributed by atoms with Crippen LogP contribution in [-0.4, -0.2) is 47.2 Å². The topological polar surface area (TPSA) is 101 Å². The molecule has 1 amide bonds. The molecule has 0 aliphatic carbocycles. The van der Waals surface area contributed by atoms with Crippen molar-refractivity contribution >= 4 is 68.5 Å². The Morgan fingerprint density at radius 2 is 2.03 bits per heavy atom. The van der Waals surface area contributed by atoms with Crippen molar-refractivity contribution in [1.29, 1.82) is 0 Å². The molecule has 0 radical (unpaired) electrons. The van der Waals surface area contributed by atoms with Crippen molar-refractivity contribution in [3.8, 4) is 5.75 Å². The lowest BCUT2D eigenvalue weighted by Gasteiger charge is -2.26. The van der Waals surface area contributed by atoms with Gasteiger partial charge < -0.3 is 20.3 Å². The monoisotopic (exact) mass is 582 g/mol. The molecular formula is C22H24ClIN6O3. The van der Waals surface area contributed by atoms with Gasteiger partial charge in [0.1, 0.15) is 5.02 Å². The van der Waals surface area contributed by atoms with Crippen LogP contribution in [0.4, 0.5) is 17.5 Å². The highest BCUT2D eigenvalue weighted by atomic mass is 127. The Labute approximate surface area is 209 Å². The van der Waals surface area contributed by atoms with E-state index in [1.54, 1.807) is 16.8 Å². The van der Waals surface area contributed by atoms with E-state index < -0.39 is 0 Å². The molecule has 174 valence electrons. The van der Waals surface area contributed by atoms with Crippen molar-refractivity contribution < 1.29 is 9.53 Å². The first kappa shape index (κ1) is 23.6. The van der Waals surface area contributed by atoms with Gasteiger partial charge in [-0.2, -0.15) is 4.98 Å². The number of halogens is 2. The van der Waals surface area contributed by atoms with Crippen molar-refractivity contribution in [2.24, 2.45) is 0 Å². The molecule has 1 saturated heterocycles. The number of pyridine rings is 1. The van der Waals surface area contributed by atoms with Gasteiger partial charge in [0, 0.05) is 31.2 Å². The first-order valence-electron chi connectivity index (χ1n) is 10.6. The molecule has 11 heteroatoms. The molecule has 4 rings (SSSR count). The number of nitrogens with one attached hydrogen (secondary N) is 2. The summed E-state index contributed by atoms with van der Waals surface area (Å²) in [6.07, 6.45) is 5.09. The zero-order valence-electron chi connectivity index (χ0n) is 18.1. The lowest BCUT2D eigenvalue weighted by Crippen LogP contribution is -2.31. The second kappa shape index (κ2) is 10.6. The number of anilines is 3. The molecule has 9 nitrogen and oxygen atoms in total. The Morgan fingerprint density at radius 1 is 1.24 bits per heavy atom. The van der Waals surface area contributed by atoms with Crippen LogP contribution in [0.1, 0.15) is 19.3 Å². The van der Waals surface area contributed by atoms with Crippen molar-refractivity contribution in [2.45, 2.75) is 23.8 Å². The van der Waals surface area contributed by atoms with E-state index in [4.69, 9.17) is 16.3 Å². The third kappa shape index (κ3) is 5.32. The molecule has 0 unspecified atom stereocenters. The number of nitrogens with zero attached hydrogens (tertiary/aromatic N) is 4. The SMILES string of the molecule is CNC(=O)COc1cc2cc(Nc3nc(N4CCCCC4)ncc3Cl)ccc2n(CI)c1=O. The zero-order chi connectivity index (χ0) is 23.4. The van der Waals surface area contributed by atoms with Crippen LogP contribution in [-0.2, 0) is 9.35 Å². The summed E-state index contributed by atoms with van der Waals surface area (Å²) in [5.74, 6) is 0.983. The Hall–Kier alpha value is -2.60. The lowest BCUT2D eigenvalue weighted by molar-refractivity contribution is -0.122. The number of carbonyl (C=O) groups is 1. The summed E-state index contributed by atoms with van der Waals surface area (Å²) >= 11 is 8.49. The number of likely N-dealkylation sites (N-methyl/N-ethyl adjacent to an activating group) is 1. The van der Waals surface area contributed by atoms with Crippen LogP contribution < -0.4 is 25.8 Å². The van der Waals surface area contributed by atoms with Crippen LogP contribution in [0, 0.1) is 0 Å². The highest BCUT2D eigenvalue weighted by molar-refractivity contribution is 14.1. The standard InChI is InChI=1S/C22H24ClIN6O3/c1-25-19(31)12-33-18-10-14-9-15(5-6-17(14)30(13-24)21(18)32)27-20-16(23)11-26-22(28-20)29-7-3-2-4-8-29/h5-6,9-11H,2-4,7-8,12-13H2,1H3,(H,25,31)(H,26,27,28). The number of hydrogen-bond donors (Lipinski definition) is 2. The van der Waals surface area contributed by atoms with Crippen molar-refractivity contribution in [2.75, 3.05) is 37.0 Å². The molecule has 0 atom stereocenters. The molecule has 1 aliphatic rings. The van der Waals surface area contributed by atoms with E-state index in [-0.39, 0.29) is 23.8 Å². The van der Waals surface area contributed by atoms with Gasteiger partial charge in [-0.15, -0.1) is 0 Å². The van der Waals surface area contributed by atoms with Gasteiger partial charge in [-0.1, -0.05) is 34.2 Å². The number of rotatable bonds is 7. The van der Waals surface area contributed by atoms with E-state index in [1.165, 1.54) is 13.5 Å². The number of carbonyl (C=O) groups excluding carboxylic acids is 1. The number of amides is 1. The number of hydrogen-bond acceptors (Lipinski definition) is 7. The van der Waals surface area contributed by atoms with Gasteiger partial charge >= 0.3 is 0 Å². The fourth-order valence-electron chi connectivity index (χ4n) is 3.71. The number of benzene rings is 1. The molecule has 3 heterocycles. The van der Waals surface area contributed by atoms with Crippen molar-refractivity contribution in [1.82, 2.24) is 19.9 Å². The van der Waals surface area contributed by atoms with Crippen molar-refractivity contribution in [3.05, 3.63) is 45.8 Å². The van der Waals surface area contributed by atoms with Gasteiger partial charge in [0.2, 0.25) is 5.95 Å². The van der Waals surface area contributed by atoms with E-state index in [2.05, 4.69) is 48.1 Å². The van der Waals surface area contributed by atoms with E-state index in [1.807, 2.05) is 18.2 Å². The minimum absolute atomic E-state index is 0.118. The minimum atomic E-state index is -0.311. The Balaban J connectivity index is 1.65. The summed E-state index contributed by atoms with van der Waals surface area (Å²) in [5, 5.41) is 6.95. The molecular weight excluding hydrogens is 559 g/mol. The maximum atomic E-state index is 12.8. The van der Waals surface area contributed by atoms with Gasteiger partial charge in [0.25, 0.3) is 11.5 Å². The quantitative estimate of drug-likeness (QED) is 0.324. The molecule has 1 fully saturated rings. The van der Waals surface area contributed by atoms with Crippen LogP contribution >= 0.6 is 34.2 Å². The minimum Gasteiger partial charge on any atom is -0.478 e. The van der Waals surface area contributed by atoms with E-state index in [0.29, 0.717) is 21.3 Å². The van der Waals surface area contributed by atoms with Crippen LogP contribution in [0.2, 0.25) is 5.02 Å². The van der Waals surface area contributed by atoms with Crippen LogP contribution in [0.5, 0.6) is 5.75 Å². The van der Waals surface area contributed by atoms with Gasteiger partial charge in [0.05, 0.1) is 16.3 Å². The summed E-state index contributed by atoms with van der Waals surface area (Å²) in [6.45, 7) is 1.64. The maximum Gasteiger partial charge on any atom is 0.294 e. The van der Waals surface area contributed by atoms with Gasteiger partial charge in [0.15, 0.2) is 18.2 Å². The molecule has 0 spiro atoms. The summed E-state index contributed by atoms with van der Waals surface area (Å²) in [5.41, 5.74) is 1.23. The molecule has 0 saturated carbocycles. The van der Waals surface area contributed by atoms with Gasteiger partial charge in [-0.05, 0) is 43.5 Å². The number of ether oxygens (including phenoxy) is 1. The third-order valence-corrected chi connectivity index (χ3v) is 6.41. The fourth-order valence-corrected chi connectivity index (χ4v) is 4.52. The fraction of sp³-hybridized carbons (Fsp3) is 0.364. The Morgan fingerprint density at radius 3 is 2.76 bits per heavy atom. The summed E-state index contributed by atoms with van der Waals surface area (Å²) in [4.78, 5) is 35.5. The van der Waals surface area contributed by atoms with Crippen LogP contribution in [0.25, 0.3) is 10.9 Å². The predicted molar refractivity (Wildman–Crippen MR) is 138 cm³/mol. The maximum absolute atomic E-state index is 12.8. The summed E-state index contributed by atoms with van der Waals surface area (Å²) in [7, 11) is 1.52. The normalized spacial score (nSPS) is 13.7. The second-order valence-corrected chi connectivity index (χ2v) is 8.73. The first-order valence-corrected chi connectivity index (χ1v) is 12.5. The van der Waals surface area contributed by atoms with Gasteiger partial charge in [-0.3, -0.25) is 14.2 Å².